The molecule has 94 valence electrons. The van der Waals surface area contributed by atoms with Crippen LogP contribution in [0.15, 0.2) is 18.2 Å². The van der Waals surface area contributed by atoms with E-state index in [-0.39, 0.29) is 0 Å². The molecule has 0 unspecified atom stereocenters. The number of rotatable bonds is 4. The predicted molar refractivity (Wildman–Crippen MR) is 71.0 cm³/mol. The van der Waals surface area contributed by atoms with E-state index in [1.165, 1.54) is 24.4 Å². The molecular weight excluding hydrogens is 246 g/mol. The van der Waals surface area contributed by atoms with Gasteiger partial charge in [0.2, 0.25) is 0 Å². The summed E-state index contributed by atoms with van der Waals surface area (Å²) in [6.45, 7) is 2.53. The van der Waals surface area contributed by atoms with Gasteiger partial charge in [-0.25, -0.2) is 0 Å². The van der Waals surface area contributed by atoms with Crippen molar-refractivity contribution in [3.05, 3.63) is 35.2 Å². The second-order valence-electron chi connectivity index (χ2n) is 4.60. The monoisotopic (exact) mass is 261 g/mol. The number of aromatic nitrogens is 2. The number of hydrogen-bond acceptors (Lipinski definition) is 5. The van der Waals surface area contributed by atoms with Crippen LogP contribution in [0.5, 0.6) is 10.9 Å². The Bertz CT molecular complexity index is 563. The highest BCUT2D eigenvalue weighted by atomic mass is 32.1. The van der Waals surface area contributed by atoms with Crippen molar-refractivity contribution in [1.29, 1.82) is 0 Å². The van der Waals surface area contributed by atoms with E-state index in [1.54, 1.807) is 0 Å². The topological polar surface area (TPSA) is 61.0 Å². The van der Waals surface area contributed by atoms with Gasteiger partial charge < -0.3 is 10.5 Å². The molecule has 2 N–H and O–H groups in total. The fraction of sp³-hybridized carbons (Fsp3) is 0.385. The smallest absolute Gasteiger partial charge is 0.298 e. The maximum Gasteiger partial charge on any atom is 0.298 e. The fourth-order valence-corrected chi connectivity index (χ4v) is 2.37. The highest BCUT2D eigenvalue weighted by Crippen LogP contribution is 2.40. The van der Waals surface area contributed by atoms with Gasteiger partial charge >= 0.3 is 0 Å². The Labute approximate surface area is 110 Å². The Hall–Kier alpha value is -1.46. The first-order valence-electron chi connectivity index (χ1n) is 6.07. The van der Waals surface area contributed by atoms with Gasteiger partial charge in [-0.1, -0.05) is 12.1 Å². The van der Waals surface area contributed by atoms with Gasteiger partial charge in [-0.2, -0.15) is 9.36 Å². The van der Waals surface area contributed by atoms with E-state index in [9.17, 15) is 0 Å². The fourth-order valence-electron chi connectivity index (χ4n) is 1.74. The third-order valence-corrected chi connectivity index (χ3v) is 3.66. The summed E-state index contributed by atoms with van der Waals surface area (Å²) in [6, 6.07) is 5.99. The summed E-state index contributed by atoms with van der Waals surface area (Å²) in [5, 5.41) is 0.620. The second-order valence-corrected chi connectivity index (χ2v) is 5.31. The standard InChI is InChI=1S/C13H15N3OS/c1-8-2-3-9(7-14)6-11(8)17-13-15-12(16-18-13)10-4-5-10/h2-3,6,10H,4-5,7,14H2,1H3. The van der Waals surface area contributed by atoms with E-state index in [0.29, 0.717) is 17.7 Å². The van der Waals surface area contributed by atoms with Crippen LogP contribution in [-0.2, 0) is 6.54 Å². The van der Waals surface area contributed by atoms with Crippen molar-refractivity contribution >= 4 is 11.5 Å². The molecule has 4 nitrogen and oxygen atoms in total. The van der Waals surface area contributed by atoms with Crippen molar-refractivity contribution in [1.82, 2.24) is 9.36 Å². The molecule has 0 bridgehead atoms. The average molecular weight is 261 g/mol. The molecule has 1 saturated carbocycles. The van der Waals surface area contributed by atoms with E-state index in [2.05, 4.69) is 9.36 Å². The first-order chi connectivity index (χ1) is 8.76. The molecule has 0 aliphatic heterocycles. The first kappa shape index (κ1) is 11.6. The minimum atomic E-state index is 0.514. The third-order valence-electron chi connectivity index (χ3n) is 3.05. The lowest BCUT2D eigenvalue weighted by molar-refractivity contribution is 0.473. The van der Waals surface area contributed by atoms with Gasteiger partial charge in [0.05, 0.1) is 0 Å². The zero-order chi connectivity index (χ0) is 12.5. The SMILES string of the molecule is Cc1ccc(CN)cc1Oc1nc(C2CC2)ns1. The van der Waals surface area contributed by atoms with Crippen molar-refractivity contribution in [3.8, 4) is 10.9 Å². The second kappa shape index (κ2) is 4.66. The highest BCUT2D eigenvalue weighted by Gasteiger charge is 2.28. The van der Waals surface area contributed by atoms with E-state index in [4.69, 9.17) is 10.5 Å². The van der Waals surface area contributed by atoms with Gasteiger partial charge in [0, 0.05) is 24.0 Å². The molecule has 0 saturated heterocycles. The van der Waals surface area contributed by atoms with E-state index in [1.807, 2.05) is 25.1 Å². The molecule has 0 radical (unpaired) electrons. The van der Waals surface area contributed by atoms with Gasteiger partial charge in [0.25, 0.3) is 5.19 Å². The first-order valence-corrected chi connectivity index (χ1v) is 6.84. The lowest BCUT2D eigenvalue weighted by Crippen LogP contribution is -1.97. The summed E-state index contributed by atoms with van der Waals surface area (Å²) in [5.41, 5.74) is 7.77. The lowest BCUT2D eigenvalue weighted by atomic mass is 10.1. The molecule has 0 atom stereocenters. The van der Waals surface area contributed by atoms with Crippen LogP contribution in [0.4, 0.5) is 0 Å². The predicted octanol–water partition coefficient (Wildman–Crippen LogP) is 2.97. The third kappa shape index (κ3) is 2.37. The van der Waals surface area contributed by atoms with Gasteiger partial charge in [-0.05, 0) is 37.0 Å². The van der Waals surface area contributed by atoms with Crippen LogP contribution >= 0.6 is 11.5 Å². The Balaban J connectivity index is 1.81. The maximum absolute atomic E-state index is 5.80. The molecule has 1 aromatic heterocycles. The van der Waals surface area contributed by atoms with Crippen LogP contribution in [0.25, 0.3) is 0 Å². The van der Waals surface area contributed by atoms with Gasteiger partial charge in [-0.15, -0.1) is 0 Å². The minimum Gasteiger partial charge on any atom is -0.430 e. The zero-order valence-electron chi connectivity index (χ0n) is 10.2. The highest BCUT2D eigenvalue weighted by molar-refractivity contribution is 7.07. The van der Waals surface area contributed by atoms with Gasteiger partial charge in [-0.3, -0.25) is 0 Å². The van der Waals surface area contributed by atoms with Crippen LogP contribution in [0, 0.1) is 6.92 Å². The average Bonchev–Trinajstić information content (AvgIpc) is 3.13. The van der Waals surface area contributed by atoms with E-state index >= 15 is 0 Å². The molecular formula is C13H15N3OS. The number of benzene rings is 1. The zero-order valence-corrected chi connectivity index (χ0v) is 11.0. The number of aryl methyl sites for hydroxylation is 1. The Morgan fingerprint density at radius 1 is 1.44 bits per heavy atom. The summed E-state index contributed by atoms with van der Waals surface area (Å²) < 4.78 is 10.1. The Morgan fingerprint density at radius 3 is 3.00 bits per heavy atom. The molecule has 0 amide bonds. The normalized spacial score (nSPS) is 14.8. The Kier molecular flexibility index (Phi) is 3.01. The molecule has 3 rings (SSSR count). The molecule has 18 heavy (non-hydrogen) atoms. The molecule has 2 aromatic rings. The Morgan fingerprint density at radius 2 is 2.28 bits per heavy atom. The van der Waals surface area contributed by atoms with Gasteiger partial charge in [0.1, 0.15) is 11.6 Å². The molecule has 1 heterocycles. The van der Waals surface area contributed by atoms with Crippen LogP contribution < -0.4 is 10.5 Å². The molecule has 1 aromatic carbocycles. The van der Waals surface area contributed by atoms with Crippen LogP contribution in [0.3, 0.4) is 0 Å². The number of hydrogen-bond donors (Lipinski definition) is 1. The minimum absolute atomic E-state index is 0.514. The van der Waals surface area contributed by atoms with E-state index < -0.39 is 0 Å². The largest absolute Gasteiger partial charge is 0.430 e. The molecule has 0 spiro atoms. The summed E-state index contributed by atoms with van der Waals surface area (Å²) in [5.74, 6) is 2.31. The summed E-state index contributed by atoms with van der Waals surface area (Å²) in [7, 11) is 0. The summed E-state index contributed by atoms with van der Waals surface area (Å²) in [4.78, 5) is 4.42. The van der Waals surface area contributed by atoms with Crippen LogP contribution in [0.2, 0.25) is 0 Å². The maximum atomic E-state index is 5.80. The summed E-state index contributed by atoms with van der Waals surface area (Å²) in [6.07, 6.45) is 2.41. The lowest BCUT2D eigenvalue weighted by Gasteiger charge is -2.06. The van der Waals surface area contributed by atoms with Crippen molar-refractivity contribution in [2.45, 2.75) is 32.2 Å². The quantitative estimate of drug-likeness (QED) is 0.919. The van der Waals surface area contributed by atoms with Crippen LogP contribution in [-0.4, -0.2) is 9.36 Å². The summed E-state index contributed by atoms with van der Waals surface area (Å²) >= 11 is 1.32. The molecule has 1 aliphatic carbocycles. The van der Waals surface area contributed by atoms with Crippen molar-refractivity contribution < 1.29 is 4.74 Å². The molecule has 5 heteroatoms. The van der Waals surface area contributed by atoms with E-state index in [0.717, 1.165) is 22.7 Å². The van der Waals surface area contributed by atoms with Crippen molar-refractivity contribution in [2.75, 3.05) is 0 Å². The van der Waals surface area contributed by atoms with Crippen LogP contribution in [0.1, 0.15) is 35.7 Å². The van der Waals surface area contributed by atoms with Crippen molar-refractivity contribution in [3.63, 3.8) is 0 Å². The number of nitrogens with zero attached hydrogens (tertiary/aromatic N) is 2. The number of ether oxygens (including phenoxy) is 1. The number of nitrogens with two attached hydrogens (primary N) is 1. The molecule has 1 aliphatic rings. The van der Waals surface area contributed by atoms with Gasteiger partial charge in [0.15, 0.2) is 0 Å². The molecule has 1 fully saturated rings. The van der Waals surface area contributed by atoms with Crippen molar-refractivity contribution in [2.24, 2.45) is 5.73 Å².